The van der Waals surface area contributed by atoms with Gasteiger partial charge in [-0.15, -0.1) is 0 Å². The second-order valence-corrected chi connectivity index (χ2v) is 19.4. The van der Waals surface area contributed by atoms with Crippen LogP contribution in [0.4, 0.5) is 0 Å². The van der Waals surface area contributed by atoms with Crippen LogP contribution in [0.15, 0.2) is 36.5 Å². The first-order valence-corrected chi connectivity index (χ1v) is 27.6. The van der Waals surface area contributed by atoms with Crippen molar-refractivity contribution < 1.29 is 73.8 Å². The molecule has 0 radical (unpaired) electrons. The monoisotopic (exact) mass is 999 g/mol. The summed E-state index contributed by atoms with van der Waals surface area (Å²) in [5.41, 5.74) is 0. The fourth-order valence-corrected chi connectivity index (χ4v) is 8.54. The third-order valence-corrected chi connectivity index (χ3v) is 13.1. The van der Waals surface area contributed by atoms with Gasteiger partial charge < -0.3 is 64.2 Å². The molecule has 7 N–H and O–H groups in total. The van der Waals surface area contributed by atoms with E-state index in [0.717, 1.165) is 44.9 Å². The van der Waals surface area contributed by atoms with E-state index in [2.05, 4.69) is 50.3 Å². The number of aliphatic hydroxyl groups excluding tert-OH is 7. The molecule has 2 aliphatic heterocycles. The Morgan fingerprint density at radius 3 is 1.37 bits per heavy atom. The van der Waals surface area contributed by atoms with Crippen molar-refractivity contribution >= 4 is 11.9 Å². The molecule has 0 amide bonds. The van der Waals surface area contributed by atoms with Crippen LogP contribution in [0.5, 0.6) is 0 Å². The fraction of sp³-hybridized carbons (Fsp3) is 0.855. The number of allylic oxidation sites excluding steroid dienone is 6. The molecule has 0 aromatic rings. The average molecular weight is 999 g/mol. The second-order valence-electron chi connectivity index (χ2n) is 19.4. The van der Waals surface area contributed by atoms with Gasteiger partial charge in [-0.2, -0.15) is 0 Å². The molecule has 0 aromatic heterocycles. The number of carbonyl (C=O) groups excluding carboxylic acids is 2. The van der Waals surface area contributed by atoms with Crippen molar-refractivity contribution in [1.29, 1.82) is 0 Å². The van der Waals surface area contributed by atoms with E-state index < -0.39 is 99.3 Å². The summed E-state index contributed by atoms with van der Waals surface area (Å²) in [5, 5.41) is 72.2. The van der Waals surface area contributed by atoms with Gasteiger partial charge in [0.1, 0.15) is 55.4 Å². The molecule has 0 saturated carbocycles. The SMILES string of the molecule is CCCCCCCC/C=C/C/C=C/CCCCC(=O)O[C@@H](COC(=O)CCCCCCCCCCC/C=C/CCCCCCCC)CO[C@@H]1O[C@H](CO[C@@H]2O[C@H](CO)[C@H](O)C(O)C2O)[C@H](O)C(O)C1O. The first-order chi connectivity index (χ1) is 34.0. The van der Waals surface area contributed by atoms with E-state index in [4.69, 9.17) is 28.4 Å². The molecule has 0 aromatic carbocycles. The summed E-state index contributed by atoms with van der Waals surface area (Å²) in [6.45, 7) is 2.56. The molecular formula is C55H98O15. The van der Waals surface area contributed by atoms with Gasteiger partial charge in [0.25, 0.3) is 0 Å². The first kappa shape index (κ1) is 63.8. The topological polar surface area (TPSA) is 231 Å². The lowest BCUT2D eigenvalue weighted by molar-refractivity contribution is -0.332. The number of unbranched alkanes of at least 4 members (excludes halogenated alkanes) is 23. The Kier molecular flexibility index (Phi) is 38.4. The molecule has 2 fully saturated rings. The largest absolute Gasteiger partial charge is 0.462 e. The first-order valence-electron chi connectivity index (χ1n) is 27.6. The van der Waals surface area contributed by atoms with Gasteiger partial charge in [0.05, 0.1) is 19.8 Å². The average Bonchev–Trinajstić information content (AvgIpc) is 3.35. The number of carbonyl (C=O) groups is 2. The van der Waals surface area contributed by atoms with E-state index in [9.17, 15) is 45.3 Å². The summed E-state index contributed by atoms with van der Waals surface area (Å²) in [4.78, 5) is 25.8. The van der Waals surface area contributed by atoms with Crippen molar-refractivity contribution in [3.05, 3.63) is 36.5 Å². The maximum absolute atomic E-state index is 13.0. The van der Waals surface area contributed by atoms with Crippen LogP contribution < -0.4 is 0 Å². The van der Waals surface area contributed by atoms with Crippen molar-refractivity contribution in [3.63, 3.8) is 0 Å². The zero-order chi connectivity index (χ0) is 51.0. The Morgan fingerprint density at radius 2 is 0.857 bits per heavy atom. The molecular weight excluding hydrogens is 901 g/mol. The van der Waals surface area contributed by atoms with Gasteiger partial charge >= 0.3 is 11.9 Å². The highest BCUT2D eigenvalue weighted by Crippen LogP contribution is 2.26. The fourth-order valence-electron chi connectivity index (χ4n) is 8.54. The molecule has 2 heterocycles. The molecule has 2 aliphatic rings. The normalized spacial score (nSPS) is 25.6. The van der Waals surface area contributed by atoms with Crippen LogP contribution in [0, 0.1) is 0 Å². The zero-order valence-electron chi connectivity index (χ0n) is 43.3. The van der Waals surface area contributed by atoms with E-state index in [1.165, 1.54) is 122 Å². The maximum Gasteiger partial charge on any atom is 0.306 e. The summed E-state index contributed by atoms with van der Waals surface area (Å²) in [6, 6.07) is 0. The quantitative estimate of drug-likeness (QED) is 0.0173. The van der Waals surface area contributed by atoms with E-state index in [0.29, 0.717) is 12.8 Å². The molecule has 11 atom stereocenters. The minimum absolute atomic E-state index is 0.123. The summed E-state index contributed by atoms with van der Waals surface area (Å²) >= 11 is 0. The van der Waals surface area contributed by atoms with Crippen molar-refractivity contribution in [2.45, 2.75) is 274 Å². The Balaban J connectivity index is 1.79. The molecule has 0 aliphatic carbocycles. The third-order valence-electron chi connectivity index (χ3n) is 13.1. The van der Waals surface area contributed by atoms with Crippen molar-refractivity contribution in [2.24, 2.45) is 0 Å². The molecule has 0 bridgehead atoms. The second kappa shape index (κ2) is 42.1. The van der Waals surface area contributed by atoms with E-state index in [-0.39, 0.29) is 19.4 Å². The Hall–Kier alpha value is -2.28. The zero-order valence-corrected chi connectivity index (χ0v) is 43.3. The van der Waals surface area contributed by atoms with Gasteiger partial charge in [0.2, 0.25) is 0 Å². The Bertz CT molecular complexity index is 1360. The van der Waals surface area contributed by atoms with Gasteiger partial charge in [-0.05, 0) is 70.6 Å². The number of ether oxygens (including phenoxy) is 6. The predicted molar refractivity (Wildman–Crippen MR) is 270 cm³/mol. The van der Waals surface area contributed by atoms with Crippen LogP contribution in [0.2, 0.25) is 0 Å². The van der Waals surface area contributed by atoms with E-state index in [1.54, 1.807) is 0 Å². The Morgan fingerprint density at radius 1 is 0.457 bits per heavy atom. The van der Waals surface area contributed by atoms with Crippen LogP contribution in [0.1, 0.15) is 206 Å². The van der Waals surface area contributed by atoms with Gasteiger partial charge in [0, 0.05) is 12.8 Å². The van der Waals surface area contributed by atoms with Gasteiger partial charge in [-0.3, -0.25) is 9.59 Å². The van der Waals surface area contributed by atoms with Gasteiger partial charge in [-0.25, -0.2) is 0 Å². The van der Waals surface area contributed by atoms with E-state index >= 15 is 0 Å². The lowest BCUT2D eigenvalue weighted by Gasteiger charge is -2.42. The molecule has 15 heteroatoms. The van der Waals surface area contributed by atoms with Crippen LogP contribution in [-0.4, -0.2) is 142 Å². The van der Waals surface area contributed by atoms with Crippen molar-refractivity contribution in [3.8, 4) is 0 Å². The molecule has 70 heavy (non-hydrogen) atoms. The standard InChI is InChI=1S/C55H98O15/c1-3-5-7-9-11-13-15-17-19-20-21-22-24-25-27-29-31-33-35-37-46(57)65-40-43(68-47(58)38-36-34-32-30-28-26-23-18-16-14-12-10-8-6-4-2)41-66-54-53(64)51(62)49(60)45(70-54)42-67-55-52(63)50(61)48(59)44(39-56)69-55/h17-19,23,28,30,43-45,48-56,59-64H,3-16,20-22,24-27,29,31-42H2,1-2H3/b19-17+,23-18+,30-28+/t43-,44+,45+,48-,49-,50?,51?,52?,53?,54+,55+/m0/s1. The highest BCUT2D eigenvalue weighted by atomic mass is 16.7. The molecule has 4 unspecified atom stereocenters. The third kappa shape index (κ3) is 29.4. The maximum atomic E-state index is 13.0. The van der Waals surface area contributed by atoms with Gasteiger partial charge in [0.15, 0.2) is 18.7 Å². The number of hydrogen-bond donors (Lipinski definition) is 7. The highest BCUT2D eigenvalue weighted by molar-refractivity contribution is 5.70. The minimum Gasteiger partial charge on any atom is -0.462 e. The van der Waals surface area contributed by atoms with Crippen molar-refractivity contribution in [1.82, 2.24) is 0 Å². The highest BCUT2D eigenvalue weighted by Gasteiger charge is 2.47. The van der Waals surface area contributed by atoms with Crippen molar-refractivity contribution in [2.75, 3.05) is 26.4 Å². The summed E-state index contributed by atoms with van der Waals surface area (Å²) < 4.78 is 33.6. The smallest absolute Gasteiger partial charge is 0.306 e. The molecule has 2 rings (SSSR count). The minimum atomic E-state index is -1.77. The number of hydrogen-bond acceptors (Lipinski definition) is 15. The Labute approximate surface area is 421 Å². The molecule has 408 valence electrons. The summed E-state index contributed by atoms with van der Waals surface area (Å²) in [7, 11) is 0. The molecule has 15 nitrogen and oxygen atoms in total. The lowest BCUT2D eigenvalue weighted by Crippen LogP contribution is -2.61. The van der Waals surface area contributed by atoms with Crippen LogP contribution in [0.25, 0.3) is 0 Å². The lowest BCUT2D eigenvalue weighted by atomic mass is 9.98. The number of aliphatic hydroxyl groups is 7. The van der Waals surface area contributed by atoms with Crippen LogP contribution in [0.3, 0.4) is 0 Å². The van der Waals surface area contributed by atoms with Crippen LogP contribution >= 0.6 is 0 Å². The van der Waals surface area contributed by atoms with Crippen LogP contribution in [-0.2, 0) is 38.0 Å². The molecule has 2 saturated heterocycles. The number of esters is 2. The molecule has 0 spiro atoms. The van der Waals surface area contributed by atoms with E-state index in [1.807, 2.05) is 0 Å². The van der Waals surface area contributed by atoms with Gasteiger partial charge in [-0.1, -0.05) is 159 Å². The number of rotatable bonds is 43. The summed E-state index contributed by atoms with van der Waals surface area (Å²) in [6.07, 6.45) is 28.9. The predicted octanol–water partition coefficient (Wildman–Crippen LogP) is 8.49. The summed E-state index contributed by atoms with van der Waals surface area (Å²) in [5.74, 6) is -0.961.